The molecule has 3 aromatic carbocycles. The highest BCUT2D eigenvalue weighted by Gasteiger charge is 2.12. The number of benzene rings is 3. The lowest BCUT2D eigenvalue weighted by Gasteiger charge is -2.11. The molecule has 0 saturated carbocycles. The fraction of sp³-hybridized carbons (Fsp3) is 0.182. The highest BCUT2D eigenvalue weighted by atomic mass is 16.6. The molecule has 0 fully saturated rings. The molecule has 10 heteroatoms. The molecular weight excluding hydrogens is 412 g/mol. The van der Waals surface area contributed by atoms with E-state index in [1.165, 1.54) is 38.5 Å². The van der Waals surface area contributed by atoms with E-state index in [2.05, 4.69) is 20.5 Å². The Morgan fingerprint density at radius 2 is 1.19 bits per heavy atom. The standard InChI is InChI=1S/C22H22N6O4/c1-27(2)17-9-5-15(6-10-17)23-25-19-13-22(32-4)20(14-21(19)31-3)26-24-16-7-11-18(12-8-16)28(29)30/h5-14H,1-4H3/b25-23+,26-24+. The molecule has 0 heterocycles. The number of rotatable bonds is 8. The lowest BCUT2D eigenvalue weighted by molar-refractivity contribution is -0.384. The molecule has 0 unspecified atom stereocenters. The quantitative estimate of drug-likeness (QED) is 0.228. The van der Waals surface area contributed by atoms with Crippen molar-refractivity contribution in [2.24, 2.45) is 20.5 Å². The Hall–Kier alpha value is -4.34. The van der Waals surface area contributed by atoms with Crippen LogP contribution >= 0.6 is 0 Å². The summed E-state index contributed by atoms with van der Waals surface area (Å²) in [4.78, 5) is 12.3. The Morgan fingerprint density at radius 1 is 0.750 bits per heavy atom. The van der Waals surface area contributed by atoms with Crippen molar-refractivity contribution >= 4 is 34.1 Å². The first kappa shape index (κ1) is 22.3. The molecule has 0 aliphatic carbocycles. The average molecular weight is 434 g/mol. The first-order valence-electron chi connectivity index (χ1n) is 9.52. The number of azo groups is 2. The van der Waals surface area contributed by atoms with E-state index in [0.717, 1.165) is 5.69 Å². The van der Waals surface area contributed by atoms with Gasteiger partial charge in [0.05, 0.1) is 30.5 Å². The smallest absolute Gasteiger partial charge is 0.269 e. The topological polar surface area (TPSA) is 114 Å². The van der Waals surface area contributed by atoms with Gasteiger partial charge in [0.2, 0.25) is 0 Å². The highest BCUT2D eigenvalue weighted by Crippen LogP contribution is 2.41. The maximum atomic E-state index is 10.8. The van der Waals surface area contributed by atoms with Crippen LogP contribution in [0.2, 0.25) is 0 Å². The summed E-state index contributed by atoms with van der Waals surface area (Å²) in [5.74, 6) is 0.866. The van der Waals surface area contributed by atoms with E-state index in [1.54, 1.807) is 12.1 Å². The second-order valence-electron chi connectivity index (χ2n) is 6.78. The minimum Gasteiger partial charge on any atom is -0.494 e. The summed E-state index contributed by atoms with van der Waals surface area (Å²) >= 11 is 0. The van der Waals surface area contributed by atoms with Crippen LogP contribution in [0.1, 0.15) is 0 Å². The van der Waals surface area contributed by atoms with E-state index < -0.39 is 4.92 Å². The van der Waals surface area contributed by atoms with E-state index in [1.807, 2.05) is 43.3 Å². The Morgan fingerprint density at radius 3 is 1.56 bits per heavy atom. The van der Waals surface area contributed by atoms with Gasteiger partial charge in [-0.25, -0.2) is 0 Å². The van der Waals surface area contributed by atoms with Gasteiger partial charge >= 0.3 is 0 Å². The van der Waals surface area contributed by atoms with Gasteiger partial charge in [-0.15, -0.1) is 10.2 Å². The van der Waals surface area contributed by atoms with E-state index in [-0.39, 0.29) is 5.69 Å². The van der Waals surface area contributed by atoms with Gasteiger partial charge in [-0.05, 0) is 36.4 Å². The minimum atomic E-state index is -0.474. The molecule has 0 bridgehead atoms. The summed E-state index contributed by atoms with van der Waals surface area (Å²) in [5, 5.41) is 27.6. The van der Waals surface area contributed by atoms with Gasteiger partial charge in [-0.1, -0.05) is 0 Å². The molecular formula is C22H22N6O4. The third-order valence-electron chi connectivity index (χ3n) is 4.45. The van der Waals surface area contributed by atoms with Crippen LogP contribution in [0, 0.1) is 10.1 Å². The molecule has 0 aliphatic heterocycles. The van der Waals surface area contributed by atoms with Crippen molar-refractivity contribution in [3.05, 3.63) is 70.8 Å². The highest BCUT2D eigenvalue weighted by molar-refractivity contribution is 5.66. The molecule has 3 rings (SSSR count). The molecule has 0 atom stereocenters. The van der Waals surface area contributed by atoms with Crippen LogP contribution < -0.4 is 14.4 Å². The second kappa shape index (κ2) is 10.1. The molecule has 3 aromatic rings. The number of hydrogen-bond donors (Lipinski definition) is 0. The van der Waals surface area contributed by atoms with E-state index in [4.69, 9.17) is 9.47 Å². The SMILES string of the molecule is COc1cc(/N=N/c2ccc([N+](=O)[O-])cc2)c(OC)cc1/N=N/c1ccc(N(C)C)cc1. The number of methoxy groups -OCH3 is 2. The summed E-state index contributed by atoms with van der Waals surface area (Å²) < 4.78 is 10.8. The maximum Gasteiger partial charge on any atom is 0.269 e. The predicted molar refractivity (Wildman–Crippen MR) is 122 cm³/mol. The largest absolute Gasteiger partial charge is 0.494 e. The molecule has 0 aromatic heterocycles. The van der Waals surface area contributed by atoms with Crippen molar-refractivity contribution in [3.8, 4) is 11.5 Å². The molecule has 0 saturated heterocycles. The number of hydrogen-bond acceptors (Lipinski definition) is 9. The van der Waals surface area contributed by atoms with Gasteiger partial charge < -0.3 is 14.4 Å². The molecule has 0 radical (unpaired) electrons. The van der Waals surface area contributed by atoms with Gasteiger partial charge in [0, 0.05) is 44.0 Å². The molecule has 0 amide bonds. The number of nitro benzene ring substituents is 1. The van der Waals surface area contributed by atoms with Crippen LogP contribution in [0.4, 0.5) is 34.1 Å². The van der Waals surface area contributed by atoms with Crippen molar-refractivity contribution in [3.63, 3.8) is 0 Å². The summed E-state index contributed by atoms with van der Waals surface area (Å²) in [7, 11) is 6.96. The Labute approximate surface area is 185 Å². The average Bonchev–Trinajstić information content (AvgIpc) is 2.81. The number of non-ortho nitro benzene ring substituents is 1. The lowest BCUT2D eigenvalue weighted by atomic mass is 10.2. The minimum absolute atomic E-state index is 0.0192. The van der Waals surface area contributed by atoms with Crippen LogP contribution in [0.25, 0.3) is 0 Å². The van der Waals surface area contributed by atoms with Crippen molar-refractivity contribution in [1.82, 2.24) is 0 Å². The molecule has 0 aliphatic rings. The number of nitrogens with zero attached hydrogens (tertiary/aromatic N) is 6. The predicted octanol–water partition coefficient (Wildman–Crippen LogP) is 6.51. The first-order chi connectivity index (χ1) is 15.4. The second-order valence-corrected chi connectivity index (χ2v) is 6.78. The zero-order valence-electron chi connectivity index (χ0n) is 18.1. The van der Waals surface area contributed by atoms with Gasteiger partial charge in [-0.3, -0.25) is 10.1 Å². The fourth-order valence-corrected chi connectivity index (χ4v) is 2.70. The van der Waals surface area contributed by atoms with Crippen LogP contribution in [0.15, 0.2) is 81.1 Å². The molecule has 10 nitrogen and oxygen atoms in total. The van der Waals surface area contributed by atoms with E-state index >= 15 is 0 Å². The maximum absolute atomic E-state index is 10.8. The van der Waals surface area contributed by atoms with Gasteiger partial charge in [0.25, 0.3) is 5.69 Å². The van der Waals surface area contributed by atoms with Crippen LogP contribution in [0.5, 0.6) is 11.5 Å². The monoisotopic (exact) mass is 434 g/mol. The van der Waals surface area contributed by atoms with Crippen molar-refractivity contribution in [1.29, 1.82) is 0 Å². The summed E-state index contributed by atoms with van der Waals surface area (Å²) in [6.07, 6.45) is 0. The third-order valence-corrected chi connectivity index (χ3v) is 4.45. The van der Waals surface area contributed by atoms with Crippen LogP contribution in [-0.2, 0) is 0 Å². The summed E-state index contributed by atoms with van der Waals surface area (Å²) in [6, 6.07) is 16.7. The molecule has 32 heavy (non-hydrogen) atoms. The molecule has 0 N–H and O–H groups in total. The summed E-state index contributed by atoms with van der Waals surface area (Å²) in [6.45, 7) is 0. The summed E-state index contributed by atoms with van der Waals surface area (Å²) in [5.41, 5.74) is 3.08. The molecule has 164 valence electrons. The number of anilines is 1. The van der Waals surface area contributed by atoms with Gasteiger partial charge in [0.1, 0.15) is 22.9 Å². The third kappa shape index (κ3) is 5.42. The normalized spacial score (nSPS) is 11.1. The fourth-order valence-electron chi connectivity index (χ4n) is 2.70. The lowest BCUT2D eigenvalue weighted by Crippen LogP contribution is -2.07. The zero-order chi connectivity index (χ0) is 23.1. The Kier molecular flexibility index (Phi) is 7.06. The van der Waals surface area contributed by atoms with E-state index in [0.29, 0.717) is 34.2 Å². The number of nitro groups is 1. The van der Waals surface area contributed by atoms with Crippen LogP contribution in [-0.4, -0.2) is 33.2 Å². The molecule has 0 spiro atoms. The number of ether oxygens (including phenoxy) is 2. The first-order valence-corrected chi connectivity index (χ1v) is 9.52. The van der Waals surface area contributed by atoms with Crippen LogP contribution in [0.3, 0.4) is 0 Å². The Bertz CT molecular complexity index is 1140. The van der Waals surface area contributed by atoms with Gasteiger partial charge in [0.15, 0.2) is 0 Å². The van der Waals surface area contributed by atoms with E-state index in [9.17, 15) is 10.1 Å². The Balaban J connectivity index is 1.86. The zero-order valence-corrected chi connectivity index (χ0v) is 18.1. The van der Waals surface area contributed by atoms with Gasteiger partial charge in [-0.2, -0.15) is 10.2 Å². The van der Waals surface area contributed by atoms with Crippen molar-refractivity contribution < 1.29 is 14.4 Å². The van der Waals surface area contributed by atoms with Crippen molar-refractivity contribution in [2.75, 3.05) is 33.2 Å². The van der Waals surface area contributed by atoms with Crippen molar-refractivity contribution in [2.45, 2.75) is 0 Å².